The maximum absolute atomic E-state index is 12.5. The van der Waals surface area contributed by atoms with Crippen molar-refractivity contribution in [1.29, 1.82) is 0 Å². The first-order chi connectivity index (χ1) is 11.5. The summed E-state index contributed by atoms with van der Waals surface area (Å²) in [6.07, 6.45) is 3.88. The Kier molecular flexibility index (Phi) is 5.90. The summed E-state index contributed by atoms with van der Waals surface area (Å²) in [7, 11) is 1.66. The van der Waals surface area contributed by atoms with Crippen LogP contribution in [0.1, 0.15) is 33.6 Å². The van der Waals surface area contributed by atoms with Crippen LogP contribution < -0.4 is 15.0 Å². The molecule has 0 atom stereocenters. The monoisotopic (exact) mass is 331 g/mol. The van der Waals surface area contributed by atoms with Crippen LogP contribution in [0, 0.1) is 0 Å². The van der Waals surface area contributed by atoms with Crippen molar-refractivity contribution < 1.29 is 14.6 Å². The largest absolute Gasteiger partial charge is 0.504 e. The van der Waals surface area contributed by atoms with Crippen molar-refractivity contribution in [3.05, 3.63) is 40.2 Å². The molecule has 1 aromatic carbocycles. The highest BCUT2D eigenvalue weighted by Gasteiger charge is 2.16. The summed E-state index contributed by atoms with van der Waals surface area (Å²) in [5.74, 6) is 0.529. The first kappa shape index (κ1) is 17.9. The van der Waals surface area contributed by atoms with E-state index in [1.165, 1.54) is 4.57 Å². The van der Waals surface area contributed by atoms with Gasteiger partial charge >= 0.3 is 0 Å². The number of benzene rings is 1. The van der Waals surface area contributed by atoms with E-state index in [1.807, 2.05) is 19.9 Å². The molecule has 0 radical (unpaired) electrons. The summed E-state index contributed by atoms with van der Waals surface area (Å²) in [6, 6.07) is 5.31. The van der Waals surface area contributed by atoms with E-state index in [4.69, 9.17) is 9.47 Å². The minimum absolute atomic E-state index is 0.0258. The van der Waals surface area contributed by atoms with Gasteiger partial charge in [0.25, 0.3) is 5.56 Å². The predicted octanol–water partition coefficient (Wildman–Crippen LogP) is 3.77. The van der Waals surface area contributed by atoms with Crippen LogP contribution in [0.3, 0.4) is 0 Å². The van der Waals surface area contributed by atoms with Crippen molar-refractivity contribution in [3.63, 3.8) is 0 Å². The number of pyridine rings is 1. The smallest absolute Gasteiger partial charge is 0.297 e. The Bertz CT molecular complexity index is 801. The highest BCUT2D eigenvalue weighted by molar-refractivity contribution is 5.88. The number of nitrogens with zero attached hydrogens (tertiary/aromatic N) is 1. The Morgan fingerprint density at radius 2 is 2.04 bits per heavy atom. The van der Waals surface area contributed by atoms with Gasteiger partial charge in [-0.2, -0.15) is 0 Å². The summed E-state index contributed by atoms with van der Waals surface area (Å²) < 4.78 is 12.6. The third kappa shape index (κ3) is 3.91. The van der Waals surface area contributed by atoms with Gasteiger partial charge in [-0.25, -0.2) is 0 Å². The lowest BCUT2D eigenvalue weighted by atomic mass is 10.1. The topological polar surface area (TPSA) is 60.7 Å². The van der Waals surface area contributed by atoms with Crippen molar-refractivity contribution in [3.8, 4) is 17.2 Å². The molecule has 0 fully saturated rings. The lowest BCUT2D eigenvalue weighted by Crippen LogP contribution is -2.20. The second-order valence-corrected chi connectivity index (χ2v) is 6.02. The molecule has 2 aromatic rings. The van der Waals surface area contributed by atoms with Gasteiger partial charge in [0, 0.05) is 18.5 Å². The standard InChI is InChI=1S/C19H25NO4/c1-5-6-10-23-14-7-8-15-16(12-14)20(4)19(22)18(17(15)21)24-11-9-13(2)3/h7-9,12,21H,5-6,10-11H2,1-4H3. The lowest BCUT2D eigenvalue weighted by Gasteiger charge is -2.13. The third-order valence-electron chi connectivity index (χ3n) is 3.79. The van der Waals surface area contributed by atoms with Gasteiger partial charge in [0.05, 0.1) is 12.1 Å². The van der Waals surface area contributed by atoms with Crippen LogP contribution in [-0.2, 0) is 7.05 Å². The Labute approximate surface area is 142 Å². The van der Waals surface area contributed by atoms with Gasteiger partial charge in [-0.05, 0) is 38.5 Å². The molecule has 0 unspecified atom stereocenters. The molecule has 1 aromatic heterocycles. The number of aromatic nitrogens is 1. The number of unbranched alkanes of at least 4 members (excludes halogenated alkanes) is 1. The summed E-state index contributed by atoms with van der Waals surface area (Å²) in [5, 5.41) is 11.0. The molecule has 0 aliphatic rings. The van der Waals surface area contributed by atoms with Crippen molar-refractivity contribution in [2.45, 2.75) is 33.6 Å². The maximum atomic E-state index is 12.5. The van der Waals surface area contributed by atoms with Crippen LogP contribution in [0.4, 0.5) is 0 Å². The minimum atomic E-state index is -0.368. The van der Waals surface area contributed by atoms with Crippen molar-refractivity contribution in [1.82, 2.24) is 4.57 Å². The number of fused-ring (bicyclic) bond motifs is 1. The van der Waals surface area contributed by atoms with Crippen LogP contribution in [0.2, 0.25) is 0 Å². The van der Waals surface area contributed by atoms with E-state index in [9.17, 15) is 9.90 Å². The van der Waals surface area contributed by atoms with Gasteiger partial charge in [0.1, 0.15) is 12.4 Å². The van der Waals surface area contributed by atoms with Crippen LogP contribution in [0.25, 0.3) is 10.9 Å². The molecular weight excluding hydrogens is 306 g/mol. The molecule has 0 amide bonds. The molecule has 0 saturated carbocycles. The van der Waals surface area contributed by atoms with Crippen molar-refractivity contribution in [2.75, 3.05) is 13.2 Å². The van der Waals surface area contributed by atoms with E-state index in [0.717, 1.165) is 18.4 Å². The summed E-state index contributed by atoms with van der Waals surface area (Å²) in [5.41, 5.74) is 1.33. The molecule has 130 valence electrons. The highest BCUT2D eigenvalue weighted by Crippen LogP contribution is 2.33. The summed E-state index contributed by atoms with van der Waals surface area (Å²) in [6.45, 7) is 6.87. The fraction of sp³-hybridized carbons (Fsp3) is 0.421. The van der Waals surface area contributed by atoms with Gasteiger partial charge in [0.2, 0.25) is 5.75 Å². The number of hydrogen-bond donors (Lipinski definition) is 1. The highest BCUT2D eigenvalue weighted by atomic mass is 16.5. The van der Waals surface area contributed by atoms with Gasteiger partial charge in [0.15, 0.2) is 5.75 Å². The fourth-order valence-corrected chi connectivity index (χ4v) is 2.32. The molecule has 1 heterocycles. The lowest BCUT2D eigenvalue weighted by molar-refractivity contribution is 0.309. The first-order valence-electron chi connectivity index (χ1n) is 8.20. The first-order valence-corrected chi connectivity index (χ1v) is 8.20. The Hall–Kier alpha value is -2.43. The van der Waals surface area contributed by atoms with E-state index >= 15 is 0 Å². The van der Waals surface area contributed by atoms with Gasteiger partial charge in [-0.1, -0.05) is 18.9 Å². The van der Waals surface area contributed by atoms with Crippen molar-refractivity contribution >= 4 is 10.9 Å². The molecule has 0 saturated heterocycles. The number of hydrogen-bond acceptors (Lipinski definition) is 4. The molecule has 5 heteroatoms. The number of allylic oxidation sites excluding steroid dienone is 1. The summed E-state index contributed by atoms with van der Waals surface area (Å²) in [4.78, 5) is 12.5. The Morgan fingerprint density at radius 3 is 2.71 bits per heavy atom. The quantitative estimate of drug-likeness (QED) is 0.620. The molecule has 1 N–H and O–H groups in total. The predicted molar refractivity (Wildman–Crippen MR) is 96.2 cm³/mol. The van der Waals surface area contributed by atoms with E-state index in [1.54, 1.807) is 25.2 Å². The van der Waals surface area contributed by atoms with Gasteiger partial charge < -0.3 is 19.1 Å². The molecule has 0 spiro atoms. The maximum Gasteiger partial charge on any atom is 0.297 e. The van der Waals surface area contributed by atoms with E-state index in [-0.39, 0.29) is 23.7 Å². The second-order valence-electron chi connectivity index (χ2n) is 6.02. The van der Waals surface area contributed by atoms with E-state index < -0.39 is 0 Å². The average molecular weight is 331 g/mol. The third-order valence-corrected chi connectivity index (χ3v) is 3.79. The number of ether oxygens (including phenoxy) is 2. The molecule has 2 rings (SSSR count). The van der Waals surface area contributed by atoms with Gasteiger partial charge in [-0.15, -0.1) is 0 Å². The summed E-state index contributed by atoms with van der Waals surface area (Å²) >= 11 is 0. The molecule has 0 aliphatic carbocycles. The normalized spacial score (nSPS) is 10.7. The SMILES string of the molecule is CCCCOc1ccc2c(O)c(OCC=C(C)C)c(=O)n(C)c2c1. The number of aryl methyl sites for hydroxylation is 1. The Morgan fingerprint density at radius 1 is 1.29 bits per heavy atom. The number of aromatic hydroxyl groups is 1. The molecule has 24 heavy (non-hydrogen) atoms. The van der Waals surface area contributed by atoms with Gasteiger partial charge in [-0.3, -0.25) is 4.79 Å². The Balaban J connectivity index is 2.41. The average Bonchev–Trinajstić information content (AvgIpc) is 2.56. The van der Waals surface area contributed by atoms with Crippen molar-refractivity contribution in [2.24, 2.45) is 7.05 Å². The molecule has 0 aliphatic heterocycles. The fourth-order valence-electron chi connectivity index (χ4n) is 2.32. The van der Waals surface area contributed by atoms with E-state index in [0.29, 0.717) is 23.3 Å². The zero-order valence-corrected chi connectivity index (χ0v) is 14.8. The van der Waals surface area contributed by atoms with Crippen LogP contribution >= 0.6 is 0 Å². The number of rotatable bonds is 7. The molecule has 5 nitrogen and oxygen atoms in total. The van der Waals surface area contributed by atoms with Crippen LogP contribution in [-0.4, -0.2) is 22.9 Å². The van der Waals surface area contributed by atoms with Crippen LogP contribution in [0.5, 0.6) is 17.2 Å². The van der Waals surface area contributed by atoms with E-state index in [2.05, 4.69) is 6.92 Å². The minimum Gasteiger partial charge on any atom is -0.504 e. The van der Waals surface area contributed by atoms with Crippen LogP contribution in [0.15, 0.2) is 34.6 Å². The zero-order chi connectivity index (χ0) is 17.7. The second kappa shape index (κ2) is 7.90. The zero-order valence-electron chi connectivity index (χ0n) is 14.8. The molecule has 0 bridgehead atoms. The molecular formula is C19H25NO4.